The average Bonchev–Trinajstić information content (AvgIpc) is 2.67. The first kappa shape index (κ1) is 27.8. The predicted octanol–water partition coefficient (Wildman–Crippen LogP) is 7.63. The van der Waals surface area contributed by atoms with Crippen molar-refractivity contribution in [1.29, 1.82) is 0 Å². The van der Waals surface area contributed by atoms with E-state index in [9.17, 15) is 0 Å². The maximum Gasteiger partial charge on any atom is 0.0849 e. The first-order chi connectivity index (χ1) is 14.2. The number of nitrogens with zero attached hydrogens (tertiary/aromatic N) is 3. The number of aryl methyl sites for hydroxylation is 6. The fourth-order valence-corrected chi connectivity index (χ4v) is 3.99. The molecule has 2 aromatic carbocycles. The van der Waals surface area contributed by atoms with Crippen molar-refractivity contribution in [2.24, 2.45) is 9.98 Å². The van der Waals surface area contributed by atoms with E-state index in [0.717, 1.165) is 34.2 Å². The third-order valence-electron chi connectivity index (χ3n) is 5.32. The Morgan fingerprint density at radius 3 is 1.25 bits per heavy atom. The third-order valence-corrected chi connectivity index (χ3v) is 5.32. The summed E-state index contributed by atoms with van der Waals surface area (Å²) in [5, 5.41) is 0. The molecule has 3 aromatic rings. The molecule has 0 N–H and O–H groups in total. The van der Waals surface area contributed by atoms with Crippen molar-refractivity contribution in [3.63, 3.8) is 0 Å². The summed E-state index contributed by atoms with van der Waals surface area (Å²) in [5.41, 5.74) is 12.9. The van der Waals surface area contributed by atoms with E-state index in [2.05, 4.69) is 65.8 Å². The van der Waals surface area contributed by atoms with Gasteiger partial charge in [0.1, 0.15) is 0 Å². The van der Waals surface area contributed by atoms with E-state index in [4.69, 9.17) is 15.0 Å². The first-order valence-electron chi connectivity index (χ1n) is 10.4. The minimum atomic E-state index is 0. The molecule has 0 fully saturated rings. The fourth-order valence-electron chi connectivity index (χ4n) is 3.99. The van der Waals surface area contributed by atoms with Crippen molar-refractivity contribution in [1.82, 2.24) is 4.98 Å². The van der Waals surface area contributed by atoms with Crippen LogP contribution in [0.3, 0.4) is 0 Å². The summed E-state index contributed by atoms with van der Waals surface area (Å²) in [6.07, 6.45) is 0. The topological polar surface area (TPSA) is 37.6 Å². The molecule has 0 saturated carbocycles. The van der Waals surface area contributed by atoms with Crippen LogP contribution in [0.4, 0.5) is 11.4 Å². The Bertz CT molecular complexity index is 1040. The maximum atomic E-state index is 4.91. The van der Waals surface area contributed by atoms with Gasteiger partial charge in [-0.2, -0.15) is 0 Å². The summed E-state index contributed by atoms with van der Waals surface area (Å²) in [4.78, 5) is 14.7. The summed E-state index contributed by atoms with van der Waals surface area (Å²) in [6.45, 7) is 16.7. The molecule has 32 heavy (non-hydrogen) atoms. The van der Waals surface area contributed by atoms with Crippen molar-refractivity contribution in [3.05, 3.63) is 87.2 Å². The van der Waals surface area contributed by atoms with Gasteiger partial charge in [-0.15, -0.1) is 12.4 Å². The molecule has 1 aromatic heterocycles. The Labute approximate surface area is 209 Å². The van der Waals surface area contributed by atoms with E-state index in [0.29, 0.717) is 0 Å². The van der Waals surface area contributed by atoms with Crippen LogP contribution in [0.1, 0.15) is 58.6 Å². The predicted molar refractivity (Wildman–Crippen MR) is 137 cm³/mol. The summed E-state index contributed by atoms with van der Waals surface area (Å²) in [6, 6.07) is 14.7. The van der Waals surface area contributed by atoms with E-state index < -0.39 is 0 Å². The maximum absolute atomic E-state index is 4.91. The monoisotopic (exact) mass is 489 g/mol. The Morgan fingerprint density at radius 1 is 0.625 bits per heavy atom. The summed E-state index contributed by atoms with van der Waals surface area (Å²) < 4.78 is 0. The third kappa shape index (κ3) is 6.38. The second-order valence-electron chi connectivity index (χ2n) is 8.30. The smallest absolute Gasteiger partial charge is 0.0849 e. The zero-order valence-corrected chi connectivity index (χ0v) is 22.1. The van der Waals surface area contributed by atoms with Gasteiger partial charge < -0.3 is 0 Å². The zero-order valence-electron chi connectivity index (χ0n) is 20.1. The first-order valence-corrected chi connectivity index (χ1v) is 10.4. The molecule has 3 rings (SSSR count). The quantitative estimate of drug-likeness (QED) is 0.274. The molecule has 0 amide bonds. The van der Waals surface area contributed by atoms with Gasteiger partial charge in [0.15, 0.2) is 0 Å². The molecule has 0 aliphatic rings. The van der Waals surface area contributed by atoms with Gasteiger partial charge in [-0.1, -0.05) is 41.5 Å². The molecule has 3 nitrogen and oxygen atoms in total. The number of rotatable bonds is 4. The number of hydrogen-bond donors (Lipinski definition) is 0. The SMILES string of the molecule is CC(=Nc1c(C)cc(C)cc1C)c1cccc(C(C)=Nc2c(C)cc(C)cc2C)n1.Cl.[Fe]. The van der Waals surface area contributed by atoms with E-state index in [1.807, 2.05) is 32.0 Å². The Hall–Kier alpha value is -2.26. The van der Waals surface area contributed by atoms with Crippen LogP contribution in [0.2, 0.25) is 0 Å². The number of hydrogen-bond acceptors (Lipinski definition) is 3. The van der Waals surface area contributed by atoms with Crippen LogP contribution >= 0.6 is 12.4 Å². The standard InChI is InChI=1S/C27H31N3.ClH.Fe/c1-16-12-18(3)26(19(4)13-16)28-22(7)24-10-9-11-25(30-24)23(8)29-27-20(5)14-17(2)15-21(27)6;;/h9-15H,1-8H3;1H;. The molecule has 5 heteroatoms. The molecule has 0 bridgehead atoms. The normalized spacial score (nSPS) is 11.6. The summed E-state index contributed by atoms with van der Waals surface area (Å²) >= 11 is 0. The molecule has 0 saturated heterocycles. The van der Waals surface area contributed by atoms with Crippen LogP contribution in [0.25, 0.3) is 0 Å². The van der Waals surface area contributed by atoms with E-state index >= 15 is 0 Å². The Balaban J connectivity index is 0.00000256. The Kier molecular flexibility index (Phi) is 10.0. The molecule has 0 radical (unpaired) electrons. The van der Waals surface area contributed by atoms with Crippen molar-refractivity contribution in [3.8, 4) is 0 Å². The van der Waals surface area contributed by atoms with Gasteiger partial charge >= 0.3 is 0 Å². The zero-order chi connectivity index (χ0) is 22.0. The molecular weight excluding hydrogens is 458 g/mol. The number of aromatic nitrogens is 1. The summed E-state index contributed by atoms with van der Waals surface area (Å²) in [7, 11) is 0. The van der Waals surface area contributed by atoms with Crippen molar-refractivity contribution >= 4 is 35.2 Å². The number of pyridine rings is 1. The second kappa shape index (κ2) is 11.6. The van der Waals surface area contributed by atoms with Gasteiger partial charge in [0.2, 0.25) is 0 Å². The van der Waals surface area contributed by atoms with Crippen LogP contribution < -0.4 is 0 Å². The molecular formula is C27H32ClFeN3. The van der Waals surface area contributed by atoms with Gasteiger partial charge in [0, 0.05) is 17.1 Å². The van der Waals surface area contributed by atoms with E-state index in [1.165, 1.54) is 33.4 Å². The van der Waals surface area contributed by atoms with Crippen LogP contribution in [-0.4, -0.2) is 16.4 Å². The van der Waals surface area contributed by atoms with Crippen LogP contribution in [0.15, 0.2) is 52.4 Å². The van der Waals surface area contributed by atoms with Gasteiger partial charge in [-0.25, -0.2) is 4.98 Å². The van der Waals surface area contributed by atoms with Gasteiger partial charge in [-0.3, -0.25) is 9.98 Å². The fraction of sp³-hybridized carbons (Fsp3) is 0.296. The molecule has 0 aliphatic carbocycles. The number of halogens is 1. The van der Waals surface area contributed by atoms with Crippen molar-refractivity contribution in [2.45, 2.75) is 55.4 Å². The molecule has 1 heterocycles. The average molecular weight is 490 g/mol. The number of benzene rings is 2. The van der Waals surface area contributed by atoms with Crippen LogP contribution in [0, 0.1) is 41.5 Å². The second-order valence-corrected chi connectivity index (χ2v) is 8.30. The molecule has 0 atom stereocenters. The largest absolute Gasteiger partial charge is 0.251 e. The van der Waals surface area contributed by atoms with E-state index in [1.54, 1.807) is 0 Å². The molecule has 170 valence electrons. The van der Waals surface area contributed by atoms with Gasteiger partial charge in [0.25, 0.3) is 0 Å². The molecule has 0 aliphatic heterocycles. The van der Waals surface area contributed by atoms with E-state index in [-0.39, 0.29) is 29.5 Å². The Morgan fingerprint density at radius 2 is 0.938 bits per heavy atom. The summed E-state index contributed by atoms with van der Waals surface area (Å²) in [5.74, 6) is 0. The van der Waals surface area contributed by atoms with Gasteiger partial charge in [-0.05, 0) is 89.8 Å². The minimum absolute atomic E-state index is 0. The van der Waals surface area contributed by atoms with Crippen LogP contribution in [0.5, 0.6) is 0 Å². The van der Waals surface area contributed by atoms with Crippen molar-refractivity contribution in [2.75, 3.05) is 0 Å². The number of aliphatic imine (C=N–C) groups is 2. The minimum Gasteiger partial charge on any atom is -0.251 e. The van der Waals surface area contributed by atoms with Gasteiger partial charge in [0.05, 0.1) is 34.2 Å². The van der Waals surface area contributed by atoms with Crippen LogP contribution in [-0.2, 0) is 17.1 Å². The molecule has 0 spiro atoms. The van der Waals surface area contributed by atoms with Crippen molar-refractivity contribution < 1.29 is 17.1 Å². The molecule has 0 unspecified atom stereocenters.